The molecule has 0 spiro atoms. The van der Waals surface area contributed by atoms with Crippen LogP contribution in [0.5, 0.6) is 11.5 Å². The first-order valence-electron chi connectivity index (χ1n) is 13.7. The van der Waals surface area contributed by atoms with Crippen LogP contribution in [0, 0.1) is 19.8 Å². The number of carbonyl (C=O) groups is 1. The number of amides is 1. The Hall–Kier alpha value is -2.57. The lowest BCUT2D eigenvalue weighted by molar-refractivity contribution is -0.937. The standard InChI is InChI=1S/C32H43N2O3.BrH/c1-7-34(8-2,22-26-17-23(3)16-24(4)18-26)15-14-33(21-25-12-13-25)32(35)29-19-27-10-9-11-30(36-5)28(27)20-31(29)37-6;/h9-11,16-20,25H,7-8,12-15,21-22H2,1-6H3;1H/q+1;/p-1. The van der Waals surface area contributed by atoms with Crippen LogP contribution in [0.3, 0.4) is 0 Å². The summed E-state index contributed by atoms with van der Waals surface area (Å²) in [6.07, 6.45) is 2.42. The first kappa shape index (κ1) is 30.0. The monoisotopic (exact) mass is 582 g/mol. The van der Waals surface area contributed by atoms with E-state index in [4.69, 9.17) is 9.47 Å². The smallest absolute Gasteiger partial charge is 0.257 e. The van der Waals surface area contributed by atoms with Crippen LogP contribution in [0.2, 0.25) is 0 Å². The van der Waals surface area contributed by atoms with Crippen LogP contribution in [0.4, 0.5) is 0 Å². The molecule has 0 heterocycles. The van der Waals surface area contributed by atoms with Crippen LogP contribution in [-0.2, 0) is 6.54 Å². The second-order valence-corrected chi connectivity index (χ2v) is 10.8. The number of likely N-dealkylation sites (N-methyl/N-ethyl adjacent to an activating group) is 1. The minimum atomic E-state index is 0. The summed E-state index contributed by atoms with van der Waals surface area (Å²) in [7, 11) is 3.31. The third kappa shape index (κ3) is 6.89. The van der Waals surface area contributed by atoms with Crippen molar-refractivity contribution in [2.45, 2.75) is 47.1 Å². The molecule has 5 nitrogen and oxygen atoms in total. The minimum Gasteiger partial charge on any atom is -1.00 e. The topological polar surface area (TPSA) is 38.8 Å². The third-order valence-corrected chi connectivity index (χ3v) is 8.06. The van der Waals surface area contributed by atoms with Crippen LogP contribution < -0.4 is 26.5 Å². The summed E-state index contributed by atoms with van der Waals surface area (Å²) < 4.78 is 12.2. The fourth-order valence-corrected chi connectivity index (χ4v) is 5.57. The van der Waals surface area contributed by atoms with Crippen LogP contribution in [0.15, 0.2) is 48.5 Å². The molecule has 6 heteroatoms. The summed E-state index contributed by atoms with van der Waals surface area (Å²) in [4.78, 5) is 16.1. The third-order valence-electron chi connectivity index (χ3n) is 8.06. The zero-order valence-corrected chi connectivity index (χ0v) is 25.4. The molecule has 0 atom stereocenters. The van der Waals surface area contributed by atoms with Crippen molar-refractivity contribution in [1.29, 1.82) is 0 Å². The maximum absolute atomic E-state index is 14.0. The maximum atomic E-state index is 14.0. The van der Waals surface area contributed by atoms with Gasteiger partial charge in [-0.2, -0.15) is 0 Å². The highest BCUT2D eigenvalue weighted by molar-refractivity contribution is 6.02. The van der Waals surface area contributed by atoms with Crippen molar-refractivity contribution in [3.05, 3.63) is 70.8 Å². The van der Waals surface area contributed by atoms with Gasteiger partial charge < -0.3 is 35.8 Å². The Morgan fingerprint density at radius 1 is 0.947 bits per heavy atom. The van der Waals surface area contributed by atoms with Gasteiger partial charge in [0.15, 0.2) is 0 Å². The lowest BCUT2D eigenvalue weighted by Gasteiger charge is -2.39. The number of methoxy groups -OCH3 is 2. The number of aryl methyl sites for hydroxylation is 2. The second kappa shape index (κ2) is 13.0. The average Bonchev–Trinajstić information content (AvgIpc) is 3.72. The predicted molar refractivity (Wildman–Crippen MR) is 152 cm³/mol. The van der Waals surface area contributed by atoms with E-state index in [9.17, 15) is 4.79 Å². The number of rotatable bonds is 12. The molecule has 206 valence electrons. The molecule has 1 aliphatic rings. The van der Waals surface area contributed by atoms with E-state index in [1.54, 1.807) is 14.2 Å². The van der Waals surface area contributed by atoms with Gasteiger partial charge in [-0.1, -0.05) is 41.5 Å². The van der Waals surface area contributed by atoms with Gasteiger partial charge in [0.05, 0.1) is 46.0 Å². The Morgan fingerprint density at radius 2 is 1.61 bits per heavy atom. The largest absolute Gasteiger partial charge is 1.00 e. The summed E-state index contributed by atoms with van der Waals surface area (Å²) in [5.41, 5.74) is 4.63. The van der Waals surface area contributed by atoms with Gasteiger partial charge in [0, 0.05) is 17.5 Å². The number of carbonyl (C=O) groups excluding carboxylic acids is 1. The van der Waals surface area contributed by atoms with Crippen molar-refractivity contribution < 1.29 is 35.7 Å². The molecule has 0 unspecified atom stereocenters. The zero-order valence-electron chi connectivity index (χ0n) is 23.9. The molecular formula is C32H43BrN2O3. The molecule has 1 amide bonds. The molecule has 4 rings (SSSR count). The quantitative estimate of drug-likeness (QED) is 0.307. The highest BCUT2D eigenvalue weighted by Crippen LogP contribution is 2.34. The van der Waals surface area contributed by atoms with E-state index in [2.05, 4.69) is 50.8 Å². The van der Waals surface area contributed by atoms with Crippen LogP contribution in [0.1, 0.15) is 53.7 Å². The Labute approximate surface area is 239 Å². The Bertz CT molecular complexity index is 1230. The maximum Gasteiger partial charge on any atom is 0.257 e. The molecule has 0 aromatic heterocycles. The SMILES string of the molecule is CC[N+](CC)(CCN(CC1CC1)C(=O)c1cc2cccc(OC)c2cc1OC)Cc1cc(C)cc(C)c1.[Br-]. The molecule has 0 N–H and O–H groups in total. The number of nitrogens with zero attached hydrogens (tertiary/aromatic N) is 2. The van der Waals surface area contributed by atoms with Gasteiger partial charge in [-0.05, 0) is 70.0 Å². The van der Waals surface area contributed by atoms with Gasteiger partial charge in [0.25, 0.3) is 5.91 Å². The second-order valence-electron chi connectivity index (χ2n) is 10.8. The summed E-state index contributed by atoms with van der Waals surface area (Å²) in [6, 6.07) is 16.7. The van der Waals surface area contributed by atoms with Crippen molar-refractivity contribution in [2.24, 2.45) is 5.92 Å². The molecule has 38 heavy (non-hydrogen) atoms. The van der Waals surface area contributed by atoms with Gasteiger partial charge in [0.1, 0.15) is 18.0 Å². The van der Waals surface area contributed by atoms with E-state index < -0.39 is 0 Å². The molecule has 0 aliphatic heterocycles. The molecule has 0 radical (unpaired) electrons. The Morgan fingerprint density at radius 3 is 2.18 bits per heavy atom. The zero-order chi connectivity index (χ0) is 26.6. The number of quaternary nitrogens is 1. The first-order valence-corrected chi connectivity index (χ1v) is 13.7. The van der Waals surface area contributed by atoms with Gasteiger partial charge >= 0.3 is 0 Å². The van der Waals surface area contributed by atoms with Crippen LogP contribution >= 0.6 is 0 Å². The van der Waals surface area contributed by atoms with Crippen molar-refractivity contribution in [1.82, 2.24) is 4.90 Å². The molecule has 1 fully saturated rings. The summed E-state index contributed by atoms with van der Waals surface area (Å²) in [5, 5.41) is 1.94. The Kier molecular flexibility index (Phi) is 10.2. The van der Waals surface area contributed by atoms with E-state index in [0.717, 1.165) is 60.3 Å². The van der Waals surface area contributed by atoms with E-state index in [-0.39, 0.29) is 22.9 Å². The molecule has 1 aliphatic carbocycles. The van der Waals surface area contributed by atoms with E-state index >= 15 is 0 Å². The fraction of sp³-hybridized carbons (Fsp3) is 0.469. The van der Waals surface area contributed by atoms with Crippen molar-refractivity contribution >= 4 is 16.7 Å². The number of fused-ring (bicyclic) bond motifs is 1. The molecular weight excluding hydrogens is 540 g/mol. The van der Waals surface area contributed by atoms with Crippen LogP contribution in [0.25, 0.3) is 10.8 Å². The normalized spacial score (nSPS) is 13.2. The van der Waals surface area contributed by atoms with Gasteiger partial charge in [-0.3, -0.25) is 4.79 Å². The summed E-state index contributed by atoms with van der Waals surface area (Å²) in [5.74, 6) is 2.05. The highest BCUT2D eigenvalue weighted by atomic mass is 79.9. The molecule has 0 bridgehead atoms. The lowest BCUT2D eigenvalue weighted by atomic mass is 10.0. The minimum absolute atomic E-state index is 0. The van der Waals surface area contributed by atoms with Crippen molar-refractivity contribution in [2.75, 3.05) is 46.9 Å². The molecule has 0 saturated heterocycles. The highest BCUT2D eigenvalue weighted by Gasteiger charge is 2.32. The fourth-order valence-electron chi connectivity index (χ4n) is 5.57. The summed E-state index contributed by atoms with van der Waals surface area (Å²) >= 11 is 0. The van der Waals surface area contributed by atoms with Gasteiger partial charge in [-0.25, -0.2) is 0 Å². The first-order chi connectivity index (χ1) is 17.8. The number of halogens is 1. The van der Waals surface area contributed by atoms with E-state index in [1.807, 2.05) is 30.3 Å². The number of ether oxygens (including phenoxy) is 2. The van der Waals surface area contributed by atoms with Crippen molar-refractivity contribution in [3.8, 4) is 11.5 Å². The van der Waals surface area contributed by atoms with E-state index in [1.165, 1.54) is 29.5 Å². The number of hydrogen-bond acceptors (Lipinski definition) is 3. The van der Waals surface area contributed by atoms with Crippen molar-refractivity contribution in [3.63, 3.8) is 0 Å². The average molecular weight is 584 g/mol. The van der Waals surface area contributed by atoms with Gasteiger partial charge in [0.2, 0.25) is 0 Å². The number of hydrogen-bond donors (Lipinski definition) is 0. The van der Waals surface area contributed by atoms with Crippen LogP contribution in [-0.4, -0.2) is 62.2 Å². The molecule has 3 aromatic carbocycles. The Balaban J connectivity index is 0.00000400. The predicted octanol–water partition coefficient (Wildman–Crippen LogP) is 3.39. The molecule has 3 aromatic rings. The van der Waals surface area contributed by atoms with Gasteiger partial charge in [-0.15, -0.1) is 0 Å². The summed E-state index contributed by atoms with van der Waals surface area (Å²) in [6.45, 7) is 14.4. The lowest BCUT2D eigenvalue weighted by Crippen LogP contribution is -3.00. The molecule has 1 saturated carbocycles. The van der Waals surface area contributed by atoms with E-state index in [0.29, 0.717) is 17.2 Å². The number of benzene rings is 3.